The molecule has 0 saturated heterocycles. The second kappa shape index (κ2) is 7.29. The number of nitrogens with zero attached hydrogens (tertiary/aromatic N) is 1. The number of thioether (sulfide) groups is 1. The first kappa shape index (κ1) is 14.9. The molecule has 1 aromatic carbocycles. The summed E-state index contributed by atoms with van der Waals surface area (Å²) in [6.45, 7) is 5.21. The lowest BCUT2D eigenvalue weighted by atomic mass is 10.0. The zero-order valence-corrected chi connectivity index (χ0v) is 12.7. The molecule has 1 aliphatic rings. The summed E-state index contributed by atoms with van der Waals surface area (Å²) < 4.78 is 0. The van der Waals surface area contributed by atoms with E-state index in [9.17, 15) is 4.79 Å². The first-order chi connectivity index (χ1) is 9.63. The number of hydrogen-bond acceptors (Lipinski definition) is 3. The van der Waals surface area contributed by atoms with Crippen LogP contribution in [0.3, 0.4) is 0 Å². The van der Waals surface area contributed by atoms with Gasteiger partial charge in [-0.05, 0) is 29.5 Å². The van der Waals surface area contributed by atoms with Crippen LogP contribution in [0.4, 0.5) is 0 Å². The number of carbonyl (C=O) groups is 1. The van der Waals surface area contributed by atoms with E-state index in [0.29, 0.717) is 5.92 Å². The first-order valence-corrected chi connectivity index (χ1v) is 7.87. The summed E-state index contributed by atoms with van der Waals surface area (Å²) in [5.41, 5.74) is 2.37. The molecule has 0 fully saturated rings. The second-order valence-corrected chi connectivity index (χ2v) is 6.28. The lowest BCUT2D eigenvalue weighted by Gasteiger charge is -2.04. The van der Waals surface area contributed by atoms with Gasteiger partial charge in [0.15, 0.2) is 5.17 Å². The molecule has 0 aliphatic carbocycles. The summed E-state index contributed by atoms with van der Waals surface area (Å²) in [6, 6.07) is 8.33. The van der Waals surface area contributed by atoms with E-state index in [1.165, 1.54) is 5.56 Å². The summed E-state index contributed by atoms with van der Waals surface area (Å²) >= 11 is 1.58. The summed E-state index contributed by atoms with van der Waals surface area (Å²) in [6.07, 6.45) is 4.47. The Kier molecular flexibility index (Phi) is 5.41. The van der Waals surface area contributed by atoms with Crippen LogP contribution >= 0.6 is 11.8 Å². The quantitative estimate of drug-likeness (QED) is 0.865. The highest BCUT2D eigenvalue weighted by molar-refractivity contribution is 8.14. The molecule has 1 N–H and O–H groups in total. The number of amidine groups is 1. The van der Waals surface area contributed by atoms with E-state index in [4.69, 9.17) is 0 Å². The van der Waals surface area contributed by atoms with Crippen molar-refractivity contribution in [3.05, 3.63) is 41.5 Å². The SMILES string of the molecule is CC(C)Cc1ccc(/C=C/C(=O)NC2=NCCS2)cc1. The van der Waals surface area contributed by atoms with Gasteiger partial charge < -0.3 is 5.32 Å². The van der Waals surface area contributed by atoms with Crippen LogP contribution in [0.15, 0.2) is 35.3 Å². The van der Waals surface area contributed by atoms with Crippen molar-refractivity contribution in [2.75, 3.05) is 12.3 Å². The maximum atomic E-state index is 11.7. The van der Waals surface area contributed by atoms with Gasteiger partial charge in [0.1, 0.15) is 0 Å². The van der Waals surface area contributed by atoms with Crippen molar-refractivity contribution < 1.29 is 4.79 Å². The molecule has 1 aliphatic heterocycles. The van der Waals surface area contributed by atoms with Gasteiger partial charge >= 0.3 is 0 Å². The molecule has 0 spiro atoms. The van der Waals surface area contributed by atoms with Gasteiger partial charge in [0.05, 0.1) is 6.54 Å². The van der Waals surface area contributed by atoms with Crippen molar-refractivity contribution in [3.63, 3.8) is 0 Å². The molecule has 0 bridgehead atoms. The van der Waals surface area contributed by atoms with Gasteiger partial charge in [0, 0.05) is 11.8 Å². The average molecular weight is 288 g/mol. The highest BCUT2D eigenvalue weighted by Crippen LogP contribution is 2.11. The standard InChI is InChI=1S/C16H20N2OS/c1-12(2)11-14-5-3-13(4-6-14)7-8-15(19)18-16-17-9-10-20-16/h3-8,12H,9-11H2,1-2H3,(H,17,18,19)/b8-7+. The van der Waals surface area contributed by atoms with Gasteiger partial charge in [-0.1, -0.05) is 49.9 Å². The summed E-state index contributed by atoms with van der Waals surface area (Å²) in [5, 5.41) is 3.50. The maximum Gasteiger partial charge on any atom is 0.249 e. The smallest absolute Gasteiger partial charge is 0.249 e. The first-order valence-electron chi connectivity index (χ1n) is 6.89. The van der Waals surface area contributed by atoms with Gasteiger partial charge in [-0.2, -0.15) is 0 Å². The van der Waals surface area contributed by atoms with Crippen molar-refractivity contribution in [2.45, 2.75) is 20.3 Å². The zero-order valence-electron chi connectivity index (χ0n) is 11.9. The molecule has 4 heteroatoms. The molecule has 0 atom stereocenters. The predicted octanol–water partition coefficient (Wildman–Crippen LogP) is 3.12. The average Bonchev–Trinajstić information content (AvgIpc) is 2.90. The van der Waals surface area contributed by atoms with E-state index in [0.717, 1.165) is 29.4 Å². The highest BCUT2D eigenvalue weighted by Gasteiger charge is 2.08. The molecular weight excluding hydrogens is 268 g/mol. The third-order valence-electron chi connectivity index (χ3n) is 2.87. The van der Waals surface area contributed by atoms with E-state index in [-0.39, 0.29) is 5.91 Å². The van der Waals surface area contributed by atoms with Crippen LogP contribution in [0, 0.1) is 5.92 Å². The van der Waals surface area contributed by atoms with Crippen LogP contribution in [0.5, 0.6) is 0 Å². The van der Waals surface area contributed by atoms with Crippen LogP contribution in [0.2, 0.25) is 0 Å². The van der Waals surface area contributed by atoms with E-state index < -0.39 is 0 Å². The van der Waals surface area contributed by atoms with Crippen molar-refractivity contribution in [1.29, 1.82) is 0 Å². The molecule has 0 aromatic heterocycles. The lowest BCUT2D eigenvalue weighted by molar-refractivity contribution is -0.115. The zero-order chi connectivity index (χ0) is 14.4. The van der Waals surface area contributed by atoms with Crippen molar-refractivity contribution in [3.8, 4) is 0 Å². The van der Waals surface area contributed by atoms with Crippen molar-refractivity contribution >= 4 is 28.9 Å². The Morgan fingerprint density at radius 3 is 2.75 bits per heavy atom. The minimum atomic E-state index is -0.121. The van der Waals surface area contributed by atoms with Gasteiger partial charge in [-0.15, -0.1) is 0 Å². The minimum Gasteiger partial charge on any atom is -0.302 e. The van der Waals surface area contributed by atoms with E-state index in [1.807, 2.05) is 18.2 Å². The minimum absolute atomic E-state index is 0.121. The monoisotopic (exact) mass is 288 g/mol. The predicted molar refractivity (Wildman–Crippen MR) is 86.9 cm³/mol. The molecule has 1 heterocycles. The molecular formula is C16H20N2OS. The molecule has 2 rings (SSSR count). The van der Waals surface area contributed by atoms with Crippen molar-refractivity contribution in [2.24, 2.45) is 10.9 Å². The number of nitrogens with one attached hydrogen (secondary N) is 1. The van der Waals surface area contributed by atoms with Crippen LogP contribution in [0.25, 0.3) is 6.08 Å². The molecule has 0 saturated carbocycles. The molecule has 0 radical (unpaired) electrons. The van der Waals surface area contributed by atoms with Crippen LogP contribution < -0.4 is 5.32 Å². The fourth-order valence-corrected chi connectivity index (χ4v) is 2.70. The van der Waals surface area contributed by atoms with Crippen molar-refractivity contribution in [1.82, 2.24) is 5.32 Å². The van der Waals surface area contributed by atoms with Crippen LogP contribution in [0.1, 0.15) is 25.0 Å². The molecule has 20 heavy (non-hydrogen) atoms. The van der Waals surface area contributed by atoms with Gasteiger partial charge in [-0.3, -0.25) is 9.79 Å². The highest BCUT2D eigenvalue weighted by atomic mass is 32.2. The van der Waals surface area contributed by atoms with Crippen LogP contribution in [-0.2, 0) is 11.2 Å². The number of carbonyl (C=O) groups excluding carboxylic acids is 1. The third kappa shape index (κ3) is 4.85. The fourth-order valence-electron chi connectivity index (χ4n) is 1.97. The normalized spacial score (nSPS) is 14.8. The Balaban J connectivity index is 1.88. The van der Waals surface area contributed by atoms with E-state index >= 15 is 0 Å². The number of hydrogen-bond donors (Lipinski definition) is 1. The summed E-state index contributed by atoms with van der Waals surface area (Å²) in [5.74, 6) is 1.49. The van der Waals surface area contributed by atoms with Crippen LogP contribution in [-0.4, -0.2) is 23.4 Å². The summed E-state index contributed by atoms with van der Waals surface area (Å²) in [4.78, 5) is 15.9. The van der Waals surface area contributed by atoms with E-state index in [1.54, 1.807) is 17.8 Å². The summed E-state index contributed by atoms with van der Waals surface area (Å²) in [7, 11) is 0. The molecule has 0 unspecified atom stereocenters. The Morgan fingerprint density at radius 1 is 1.40 bits per heavy atom. The largest absolute Gasteiger partial charge is 0.302 e. The van der Waals surface area contributed by atoms with Gasteiger partial charge in [0.25, 0.3) is 0 Å². The Bertz CT molecular complexity index is 518. The van der Waals surface area contributed by atoms with Gasteiger partial charge in [0.2, 0.25) is 5.91 Å². The molecule has 106 valence electrons. The third-order valence-corrected chi connectivity index (χ3v) is 3.76. The van der Waals surface area contributed by atoms with E-state index in [2.05, 4.69) is 36.3 Å². The number of benzene rings is 1. The number of aliphatic imine (C=N–C) groups is 1. The fraction of sp³-hybridized carbons (Fsp3) is 0.375. The molecule has 1 aromatic rings. The number of amides is 1. The molecule has 3 nitrogen and oxygen atoms in total. The lowest BCUT2D eigenvalue weighted by Crippen LogP contribution is -2.25. The maximum absolute atomic E-state index is 11.7. The number of rotatable bonds is 4. The second-order valence-electron chi connectivity index (χ2n) is 5.20. The Morgan fingerprint density at radius 2 is 2.15 bits per heavy atom. The van der Waals surface area contributed by atoms with Gasteiger partial charge in [-0.25, -0.2) is 0 Å². The Hall–Kier alpha value is -1.55. The topological polar surface area (TPSA) is 41.5 Å². The molecule has 1 amide bonds. The Labute approximate surface area is 124 Å².